The van der Waals surface area contributed by atoms with E-state index in [2.05, 4.69) is 15.3 Å². The van der Waals surface area contributed by atoms with Gasteiger partial charge in [0, 0.05) is 30.4 Å². The van der Waals surface area contributed by atoms with Gasteiger partial charge in [-0.1, -0.05) is 18.5 Å². The Morgan fingerprint density at radius 2 is 2.15 bits per heavy atom. The topological polar surface area (TPSA) is 40.7 Å². The van der Waals surface area contributed by atoms with Crippen LogP contribution >= 0.6 is 11.6 Å². The lowest BCUT2D eigenvalue weighted by Gasteiger charge is -2.19. The minimum atomic E-state index is -0.620. The van der Waals surface area contributed by atoms with Crippen molar-refractivity contribution in [2.45, 2.75) is 25.8 Å². The zero-order valence-electron chi connectivity index (χ0n) is 11.1. The molecule has 0 fully saturated rings. The Kier molecular flexibility index (Phi) is 5.09. The second-order valence-electron chi connectivity index (χ2n) is 4.53. The average Bonchev–Trinajstić information content (AvgIpc) is 2.92. The molecule has 0 saturated carbocycles. The van der Waals surface area contributed by atoms with Gasteiger partial charge in [-0.15, -0.1) is 0 Å². The van der Waals surface area contributed by atoms with Crippen molar-refractivity contribution in [1.29, 1.82) is 0 Å². The van der Waals surface area contributed by atoms with Crippen LogP contribution in [0.25, 0.3) is 0 Å². The van der Waals surface area contributed by atoms with Gasteiger partial charge in [0.15, 0.2) is 0 Å². The zero-order chi connectivity index (χ0) is 14.5. The molecule has 2 rings (SSSR count). The molecule has 0 aliphatic heterocycles. The summed E-state index contributed by atoms with van der Waals surface area (Å²) in [6.45, 7) is 2.71. The predicted molar refractivity (Wildman–Crippen MR) is 74.7 cm³/mol. The maximum Gasteiger partial charge on any atom is 0.142 e. The normalized spacial score (nSPS) is 12.6. The first kappa shape index (κ1) is 14.9. The molecule has 1 atom stereocenters. The third-order valence-corrected chi connectivity index (χ3v) is 3.30. The van der Waals surface area contributed by atoms with Crippen LogP contribution in [0.15, 0.2) is 24.5 Å². The van der Waals surface area contributed by atoms with E-state index >= 15 is 0 Å². The molecule has 0 saturated heterocycles. The van der Waals surface area contributed by atoms with Crippen molar-refractivity contribution in [3.8, 4) is 0 Å². The van der Waals surface area contributed by atoms with Crippen LogP contribution in [0.3, 0.4) is 0 Å². The van der Waals surface area contributed by atoms with Crippen LogP contribution in [0.1, 0.15) is 30.8 Å². The number of benzene rings is 1. The molecule has 1 aromatic carbocycles. The fourth-order valence-corrected chi connectivity index (χ4v) is 2.17. The largest absolute Gasteiger partial charge is 0.349 e. The van der Waals surface area contributed by atoms with Crippen LogP contribution in [-0.2, 0) is 6.42 Å². The fraction of sp³-hybridized carbons (Fsp3) is 0.357. The highest BCUT2D eigenvalue weighted by Gasteiger charge is 2.19. The summed E-state index contributed by atoms with van der Waals surface area (Å²) in [5, 5.41) is 2.99. The van der Waals surface area contributed by atoms with Crippen molar-refractivity contribution >= 4 is 11.6 Å². The summed E-state index contributed by atoms with van der Waals surface area (Å²) in [5.74, 6) is -0.421. The predicted octanol–water partition coefficient (Wildman–Crippen LogP) is 3.62. The highest BCUT2D eigenvalue weighted by atomic mass is 35.5. The summed E-state index contributed by atoms with van der Waals surface area (Å²) in [5.41, 5.74) is 0.261. The van der Waals surface area contributed by atoms with Gasteiger partial charge >= 0.3 is 0 Å². The number of nitrogens with one attached hydrogen (secondary N) is 2. The number of aromatic nitrogens is 2. The lowest BCUT2D eigenvalue weighted by atomic mass is 10.0. The van der Waals surface area contributed by atoms with Crippen molar-refractivity contribution in [3.63, 3.8) is 0 Å². The number of nitrogens with zero attached hydrogens (tertiary/aromatic N) is 1. The van der Waals surface area contributed by atoms with E-state index in [1.165, 1.54) is 0 Å². The molecule has 0 bridgehead atoms. The van der Waals surface area contributed by atoms with Gasteiger partial charge in [0.2, 0.25) is 0 Å². The standard InChI is InChI=1S/C14H16ClF2N3/c1-2-3-18-13(8-14-19-4-5-20-14)9-6-12(17)10(15)7-11(9)16/h4-7,13,18H,2-3,8H2,1H3,(H,19,20). The van der Waals surface area contributed by atoms with E-state index in [4.69, 9.17) is 11.6 Å². The smallest absolute Gasteiger partial charge is 0.142 e. The van der Waals surface area contributed by atoms with Gasteiger partial charge in [-0.2, -0.15) is 0 Å². The molecule has 1 aromatic heterocycles. The molecule has 1 unspecified atom stereocenters. The molecular weight excluding hydrogens is 284 g/mol. The van der Waals surface area contributed by atoms with Crippen LogP contribution in [0.4, 0.5) is 8.78 Å². The first-order valence-corrected chi connectivity index (χ1v) is 6.85. The summed E-state index contributed by atoms with van der Waals surface area (Å²) < 4.78 is 27.6. The average molecular weight is 300 g/mol. The molecule has 2 N–H and O–H groups in total. The molecule has 0 spiro atoms. The van der Waals surface area contributed by atoms with Crippen molar-refractivity contribution in [1.82, 2.24) is 15.3 Å². The number of hydrogen-bond acceptors (Lipinski definition) is 2. The van der Waals surface area contributed by atoms with Crippen LogP contribution in [0.2, 0.25) is 5.02 Å². The number of hydrogen-bond donors (Lipinski definition) is 2. The molecule has 6 heteroatoms. The summed E-state index contributed by atoms with van der Waals surface area (Å²) in [7, 11) is 0. The van der Waals surface area contributed by atoms with Gasteiger partial charge in [0.05, 0.1) is 5.02 Å². The Labute approximate surface area is 121 Å². The Morgan fingerprint density at radius 3 is 2.80 bits per heavy atom. The van der Waals surface area contributed by atoms with E-state index < -0.39 is 11.6 Å². The van der Waals surface area contributed by atoms with E-state index in [-0.39, 0.29) is 16.6 Å². The van der Waals surface area contributed by atoms with Crippen molar-refractivity contribution in [2.24, 2.45) is 0 Å². The van der Waals surface area contributed by atoms with E-state index in [1.54, 1.807) is 12.4 Å². The van der Waals surface area contributed by atoms with E-state index in [0.717, 1.165) is 18.6 Å². The minimum absolute atomic E-state index is 0.210. The number of H-pyrrole nitrogens is 1. The van der Waals surface area contributed by atoms with Gasteiger partial charge in [0.1, 0.15) is 17.5 Å². The third-order valence-electron chi connectivity index (χ3n) is 3.01. The number of imidazole rings is 1. The molecular formula is C14H16ClF2N3. The molecule has 2 aromatic rings. The Bertz CT molecular complexity index is 558. The van der Waals surface area contributed by atoms with E-state index in [9.17, 15) is 8.78 Å². The molecule has 0 radical (unpaired) electrons. The van der Waals surface area contributed by atoms with E-state index in [1.807, 2.05) is 6.92 Å². The van der Waals surface area contributed by atoms with Gasteiger partial charge in [-0.05, 0) is 25.1 Å². The van der Waals surface area contributed by atoms with Gasteiger partial charge in [0.25, 0.3) is 0 Å². The molecule has 0 aliphatic rings. The lowest BCUT2D eigenvalue weighted by Crippen LogP contribution is -2.25. The minimum Gasteiger partial charge on any atom is -0.349 e. The highest BCUT2D eigenvalue weighted by Crippen LogP contribution is 2.25. The number of aromatic amines is 1. The SMILES string of the molecule is CCCNC(Cc1ncc[nH]1)c1cc(F)c(Cl)cc1F. The highest BCUT2D eigenvalue weighted by molar-refractivity contribution is 6.30. The lowest BCUT2D eigenvalue weighted by molar-refractivity contribution is 0.484. The van der Waals surface area contributed by atoms with Crippen LogP contribution in [0, 0.1) is 11.6 Å². The van der Waals surface area contributed by atoms with Gasteiger partial charge < -0.3 is 10.3 Å². The second kappa shape index (κ2) is 6.81. The molecule has 3 nitrogen and oxygen atoms in total. The van der Waals surface area contributed by atoms with Gasteiger partial charge in [-0.3, -0.25) is 0 Å². The third kappa shape index (κ3) is 3.55. The van der Waals surface area contributed by atoms with Crippen molar-refractivity contribution in [3.05, 3.63) is 52.6 Å². The summed E-state index contributed by atoms with van der Waals surface area (Å²) in [6, 6.07) is 1.80. The zero-order valence-corrected chi connectivity index (χ0v) is 11.8. The summed E-state index contributed by atoms with van der Waals surface area (Å²) in [4.78, 5) is 7.09. The second-order valence-corrected chi connectivity index (χ2v) is 4.94. The quantitative estimate of drug-likeness (QED) is 0.800. The van der Waals surface area contributed by atoms with Crippen molar-refractivity contribution < 1.29 is 8.78 Å². The van der Waals surface area contributed by atoms with E-state index in [0.29, 0.717) is 18.8 Å². The van der Waals surface area contributed by atoms with Gasteiger partial charge in [-0.25, -0.2) is 13.8 Å². The van der Waals surface area contributed by atoms with Crippen LogP contribution in [0.5, 0.6) is 0 Å². The molecule has 20 heavy (non-hydrogen) atoms. The maximum absolute atomic E-state index is 14.0. The summed E-state index contributed by atoms with van der Waals surface area (Å²) in [6.07, 6.45) is 4.67. The number of rotatable bonds is 6. The molecule has 1 heterocycles. The van der Waals surface area contributed by atoms with Crippen molar-refractivity contribution in [2.75, 3.05) is 6.54 Å². The van der Waals surface area contributed by atoms with Crippen LogP contribution in [-0.4, -0.2) is 16.5 Å². The first-order chi connectivity index (χ1) is 9.61. The first-order valence-electron chi connectivity index (χ1n) is 6.48. The Hall–Kier alpha value is -1.46. The monoisotopic (exact) mass is 299 g/mol. The number of halogens is 3. The fourth-order valence-electron chi connectivity index (χ4n) is 2.02. The molecule has 108 valence electrons. The molecule has 0 aliphatic carbocycles. The summed E-state index contributed by atoms with van der Waals surface area (Å²) >= 11 is 5.58. The Balaban J connectivity index is 2.27. The molecule has 0 amide bonds. The van der Waals surface area contributed by atoms with Crippen LogP contribution < -0.4 is 5.32 Å². The Morgan fingerprint density at radius 1 is 1.35 bits per heavy atom. The maximum atomic E-state index is 14.0.